The van der Waals surface area contributed by atoms with Crippen molar-refractivity contribution in [1.29, 1.82) is 0 Å². The van der Waals surface area contributed by atoms with E-state index in [1.807, 2.05) is 23.5 Å². The van der Waals surface area contributed by atoms with Crippen LogP contribution in [0.5, 0.6) is 0 Å². The van der Waals surface area contributed by atoms with E-state index in [0.29, 0.717) is 0 Å². The predicted octanol–water partition coefficient (Wildman–Crippen LogP) is 15.1. The van der Waals surface area contributed by atoms with Gasteiger partial charge in [0.15, 0.2) is 0 Å². The first-order valence-electron chi connectivity index (χ1n) is 18.0. The third-order valence-corrected chi connectivity index (χ3v) is 11.9. The van der Waals surface area contributed by atoms with Crippen molar-refractivity contribution >= 4 is 92.1 Å². The summed E-state index contributed by atoms with van der Waals surface area (Å²) in [5.41, 5.74) is 10.0. The fraction of sp³-hybridized carbons (Fsp3) is 0. The van der Waals surface area contributed by atoms with Gasteiger partial charge in [0.2, 0.25) is 0 Å². The van der Waals surface area contributed by atoms with Crippen molar-refractivity contribution in [3.05, 3.63) is 188 Å². The minimum absolute atomic E-state index is 0.890. The maximum absolute atomic E-state index is 6.27. The molecule has 0 fully saturated rings. The van der Waals surface area contributed by atoms with E-state index in [4.69, 9.17) is 4.42 Å². The molecule has 0 N–H and O–H groups in total. The van der Waals surface area contributed by atoms with Crippen LogP contribution < -0.4 is 4.90 Å². The molecule has 0 bridgehead atoms. The number of nitrogens with zero attached hydrogens (tertiary/aromatic N) is 1. The van der Waals surface area contributed by atoms with E-state index < -0.39 is 0 Å². The number of fused-ring (bicyclic) bond motifs is 9. The molecule has 0 aliphatic rings. The molecule has 3 heteroatoms. The molecular weight excluding hydrogens is 663 g/mol. The molecule has 0 saturated carbocycles. The van der Waals surface area contributed by atoms with E-state index in [1.165, 1.54) is 64.0 Å². The summed E-state index contributed by atoms with van der Waals surface area (Å²) in [6.45, 7) is 0. The van der Waals surface area contributed by atoms with E-state index in [-0.39, 0.29) is 0 Å². The predicted molar refractivity (Wildman–Crippen MR) is 227 cm³/mol. The standard InChI is InChI=1S/C50H31NOS/c1-2-10-33(11-3-1)40-15-8-16-42-43-17-9-18-46(50(43)53-49(40)42)51(38-28-29-48-45(31-38)41-14-6-7-19-47(41)52-48)37-26-24-32(25-27-37)36-23-22-35-21-20-34-12-4-5-13-39(34)44(35)30-36/h1-31H. The van der Waals surface area contributed by atoms with E-state index in [0.717, 1.165) is 39.0 Å². The Morgan fingerprint density at radius 3 is 1.87 bits per heavy atom. The Morgan fingerprint density at radius 1 is 0.358 bits per heavy atom. The van der Waals surface area contributed by atoms with Crippen LogP contribution in [0.2, 0.25) is 0 Å². The lowest BCUT2D eigenvalue weighted by atomic mass is 9.97. The van der Waals surface area contributed by atoms with Gasteiger partial charge in [-0.15, -0.1) is 11.3 Å². The summed E-state index contributed by atoms with van der Waals surface area (Å²) in [6, 6.07) is 68.0. The number of thiophene rings is 1. The maximum atomic E-state index is 6.27. The normalized spacial score (nSPS) is 11.8. The van der Waals surface area contributed by atoms with Gasteiger partial charge in [-0.2, -0.15) is 0 Å². The van der Waals surface area contributed by atoms with E-state index >= 15 is 0 Å². The molecule has 2 aromatic heterocycles. The molecular formula is C50H31NOS. The molecule has 0 atom stereocenters. The van der Waals surface area contributed by atoms with E-state index in [9.17, 15) is 0 Å². The summed E-state index contributed by atoms with van der Waals surface area (Å²) >= 11 is 1.88. The van der Waals surface area contributed by atoms with Crippen LogP contribution in [0.25, 0.3) is 85.9 Å². The molecule has 0 radical (unpaired) electrons. The fourth-order valence-corrected chi connectivity index (χ4v) is 9.43. The van der Waals surface area contributed by atoms with Crippen LogP contribution in [0.4, 0.5) is 17.1 Å². The summed E-state index contributed by atoms with van der Waals surface area (Å²) in [5, 5.41) is 9.85. The van der Waals surface area contributed by atoms with Gasteiger partial charge in [0, 0.05) is 37.6 Å². The van der Waals surface area contributed by atoms with Crippen LogP contribution >= 0.6 is 11.3 Å². The monoisotopic (exact) mass is 693 g/mol. The van der Waals surface area contributed by atoms with Crippen molar-refractivity contribution in [1.82, 2.24) is 0 Å². The van der Waals surface area contributed by atoms with Crippen LogP contribution in [0, 0.1) is 0 Å². The highest BCUT2D eigenvalue weighted by Crippen LogP contribution is 2.48. The Labute approximate surface area is 310 Å². The van der Waals surface area contributed by atoms with Gasteiger partial charge >= 0.3 is 0 Å². The molecule has 0 saturated heterocycles. The second-order valence-electron chi connectivity index (χ2n) is 13.7. The quantitative estimate of drug-likeness (QED) is 0.167. The molecule has 0 unspecified atom stereocenters. The third-order valence-electron chi connectivity index (χ3n) is 10.7. The van der Waals surface area contributed by atoms with Crippen LogP contribution in [0.3, 0.4) is 0 Å². The van der Waals surface area contributed by atoms with E-state index in [1.54, 1.807) is 0 Å². The van der Waals surface area contributed by atoms with Gasteiger partial charge in [0.1, 0.15) is 11.2 Å². The number of rotatable bonds is 5. The lowest BCUT2D eigenvalue weighted by molar-refractivity contribution is 0.669. The Morgan fingerprint density at radius 2 is 1.00 bits per heavy atom. The lowest BCUT2D eigenvalue weighted by Crippen LogP contribution is -2.10. The zero-order chi connectivity index (χ0) is 34.9. The highest BCUT2D eigenvalue weighted by molar-refractivity contribution is 7.27. The zero-order valence-electron chi connectivity index (χ0n) is 28.7. The minimum Gasteiger partial charge on any atom is -0.456 e. The molecule has 9 aromatic carbocycles. The first kappa shape index (κ1) is 30.0. The van der Waals surface area contributed by atoms with Crippen molar-refractivity contribution in [2.24, 2.45) is 0 Å². The summed E-state index contributed by atoms with van der Waals surface area (Å²) in [7, 11) is 0. The highest BCUT2D eigenvalue weighted by atomic mass is 32.1. The number of hydrogen-bond donors (Lipinski definition) is 0. The lowest BCUT2D eigenvalue weighted by Gasteiger charge is -2.26. The largest absolute Gasteiger partial charge is 0.456 e. The SMILES string of the molecule is c1ccc(-c2cccc3c2sc2c(N(c4ccc(-c5ccc6ccc7ccccc7c6c5)cc4)c4ccc5oc6ccccc6c5c4)cccc23)cc1. The van der Waals surface area contributed by atoms with Crippen molar-refractivity contribution in [2.75, 3.05) is 4.90 Å². The zero-order valence-corrected chi connectivity index (χ0v) is 29.5. The number of para-hydroxylation sites is 1. The van der Waals surface area contributed by atoms with Gasteiger partial charge in [0.05, 0.1) is 10.4 Å². The molecule has 2 nitrogen and oxygen atoms in total. The van der Waals surface area contributed by atoms with Gasteiger partial charge in [-0.05, 0) is 92.3 Å². The number of furan rings is 1. The van der Waals surface area contributed by atoms with Gasteiger partial charge in [-0.25, -0.2) is 0 Å². The van der Waals surface area contributed by atoms with Gasteiger partial charge < -0.3 is 9.32 Å². The molecule has 53 heavy (non-hydrogen) atoms. The van der Waals surface area contributed by atoms with Crippen molar-refractivity contribution in [3.63, 3.8) is 0 Å². The summed E-state index contributed by atoms with van der Waals surface area (Å²) in [5.74, 6) is 0. The van der Waals surface area contributed by atoms with Crippen LogP contribution in [0.1, 0.15) is 0 Å². The third kappa shape index (κ3) is 4.86. The molecule has 0 aliphatic carbocycles. The average Bonchev–Trinajstić information content (AvgIpc) is 3.80. The van der Waals surface area contributed by atoms with Crippen molar-refractivity contribution in [2.45, 2.75) is 0 Å². The maximum Gasteiger partial charge on any atom is 0.135 e. The molecule has 0 amide bonds. The number of hydrogen-bond acceptors (Lipinski definition) is 3. The molecule has 248 valence electrons. The van der Waals surface area contributed by atoms with Crippen molar-refractivity contribution in [3.8, 4) is 22.3 Å². The molecule has 11 aromatic rings. The minimum atomic E-state index is 0.890. The summed E-state index contributed by atoms with van der Waals surface area (Å²) in [6.07, 6.45) is 0. The molecule has 0 aliphatic heterocycles. The van der Waals surface area contributed by atoms with Crippen LogP contribution in [-0.4, -0.2) is 0 Å². The van der Waals surface area contributed by atoms with E-state index in [2.05, 4.69) is 181 Å². The van der Waals surface area contributed by atoms with Crippen LogP contribution in [-0.2, 0) is 0 Å². The molecule has 2 heterocycles. The fourth-order valence-electron chi connectivity index (χ4n) is 8.09. The highest BCUT2D eigenvalue weighted by Gasteiger charge is 2.21. The number of anilines is 3. The summed E-state index contributed by atoms with van der Waals surface area (Å²) < 4.78 is 8.83. The van der Waals surface area contributed by atoms with Gasteiger partial charge in [0.25, 0.3) is 0 Å². The first-order chi connectivity index (χ1) is 26.3. The van der Waals surface area contributed by atoms with Crippen LogP contribution in [0.15, 0.2) is 192 Å². The smallest absolute Gasteiger partial charge is 0.135 e. The average molecular weight is 694 g/mol. The Balaban J connectivity index is 1.10. The molecule has 0 spiro atoms. The van der Waals surface area contributed by atoms with Gasteiger partial charge in [-0.1, -0.05) is 140 Å². The van der Waals surface area contributed by atoms with Gasteiger partial charge in [-0.3, -0.25) is 0 Å². The Hall–Kier alpha value is -6.68. The Kier molecular flexibility index (Phi) is 6.76. The second kappa shape index (κ2) is 11.9. The topological polar surface area (TPSA) is 16.4 Å². The Bertz CT molecular complexity index is 3170. The summed E-state index contributed by atoms with van der Waals surface area (Å²) in [4.78, 5) is 2.42. The second-order valence-corrected chi connectivity index (χ2v) is 14.7. The number of benzene rings is 9. The molecule has 11 rings (SSSR count). The van der Waals surface area contributed by atoms with Crippen molar-refractivity contribution < 1.29 is 4.42 Å². The first-order valence-corrected chi connectivity index (χ1v) is 18.8.